The van der Waals surface area contributed by atoms with Crippen molar-refractivity contribution in [3.8, 4) is 0 Å². The summed E-state index contributed by atoms with van der Waals surface area (Å²) in [7, 11) is 0. The number of piperidine rings is 1. The van der Waals surface area contributed by atoms with Crippen LogP contribution in [-0.2, 0) is 15.1 Å². The van der Waals surface area contributed by atoms with Crippen molar-refractivity contribution in [1.82, 2.24) is 5.32 Å². The maximum atomic E-state index is 12.5. The van der Waals surface area contributed by atoms with Crippen LogP contribution in [0.4, 0.5) is 0 Å². The van der Waals surface area contributed by atoms with Crippen molar-refractivity contribution >= 4 is 5.97 Å². The van der Waals surface area contributed by atoms with Gasteiger partial charge < -0.3 is 15.2 Å². The number of esters is 1. The van der Waals surface area contributed by atoms with E-state index in [9.17, 15) is 9.90 Å². The fourth-order valence-corrected chi connectivity index (χ4v) is 2.53. The Labute approximate surface area is 120 Å². The van der Waals surface area contributed by atoms with Crippen LogP contribution in [-0.4, -0.2) is 30.3 Å². The van der Waals surface area contributed by atoms with Crippen LogP contribution in [0, 0.1) is 5.92 Å². The molecule has 2 N–H and O–H groups in total. The van der Waals surface area contributed by atoms with Crippen LogP contribution in [0.3, 0.4) is 0 Å². The number of benzene rings is 1. The first-order valence-corrected chi connectivity index (χ1v) is 7.25. The van der Waals surface area contributed by atoms with Gasteiger partial charge in [0.25, 0.3) is 0 Å². The summed E-state index contributed by atoms with van der Waals surface area (Å²) in [6.07, 6.45) is 1.50. The van der Waals surface area contributed by atoms with E-state index in [4.69, 9.17) is 4.74 Å². The van der Waals surface area contributed by atoms with E-state index in [1.54, 1.807) is 12.1 Å². The summed E-state index contributed by atoms with van der Waals surface area (Å²) >= 11 is 0. The third-order valence-electron chi connectivity index (χ3n) is 3.92. The van der Waals surface area contributed by atoms with E-state index in [0.717, 1.165) is 25.9 Å². The van der Waals surface area contributed by atoms with Crippen molar-refractivity contribution in [2.75, 3.05) is 13.1 Å². The van der Waals surface area contributed by atoms with E-state index >= 15 is 0 Å². The molecule has 0 amide bonds. The Morgan fingerprint density at radius 1 is 1.30 bits per heavy atom. The molecular weight excluding hydrogens is 254 g/mol. The van der Waals surface area contributed by atoms with Gasteiger partial charge in [-0.15, -0.1) is 0 Å². The highest BCUT2D eigenvalue weighted by Crippen LogP contribution is 2.31. The molecule has 0 spiro atoms. The van der Waals surface area contributed by atoms with Crippen LogP contribution in [0.25, 0.3) is 0 Å². The molecule has 0 saturated carbocycles. The Morgan fingerprint density at radius 2 is 1.90 bits per heavy atom. The van der Waals surface area contributed by atoms with Gasteiger partial charge in [0.15, 0.2) is 5.60 Å². The molecule has 1 aliphatic heterocycles. The highest BCUT2D eigenvalue weighted by molar-refractivity contribution is 5.81. The molecule has 0 radical (unpaired) electrons. The fourth-order valence-electron chi connectivity index (χ4n) is 2.53. The molecule has 4 nitrogen and oxygen atoms in total. The van der Waals surface area contributed by atoms with Gasteiger partial charge in [0.2, 0.25) is 0 Å². The number of nitrogens with one attached hydrogen (secondary N) is 1. The van der Waals surface area contributed by atoms with Gasteiger partial charge in [-0.25, -0.2) is 4.79 Å². The van der Waals surface area contributed by atoms with E-state index < -0.39 is 11.6 Å². The van der Waals surface area contributed by atoms with Crippen molar-refractivity contribution in [3.63, 3.8) is 0 Å². The second kappa shape index (κ2) is 6.37. The average molecular weight is 277 g/mol. The van der Waals surface area contributed by atoms with E-state index in [-0.39, 0.29) is 12.0 Å². The van der Waals surface area contributed by atoms with E-state index in [1.807, 2.05) is 32.0 Å². The molecule has 1 aromatic carbocycles. The van der Waals surface area contributed by atoms with Crippen molar-refractivity contribution in [2.45, 2.75) is 38.4 Å². The Kier molecular flexibility index (Phi) is 4.78. The molecule has 0 bridgehead atoms. The molecule has 0 aliphatic carbocycles. The molecule has 1 fully saturated rings. The molecule has 110 valence electrons. The van der Waals surface area contributed by atoms with Crippen LogP contribution >= 0.6 is 0 Å². The van der Waals surface area contributed by atoms with Crippen molar-refractivity contribution in [1.29, 1.82) is 0 Å². The predicted octanol–water partition coefficient (Wildman–Crippen LogP) is 1.83. The monoisotopic (exact) mass is 277 g/mol. The molecule has 0 aromatic heterocycles. The molecule has 1 aromatic rings. The van der Waals surface area contributed by atoms with E-state index in [2.05, 4.69) is 5.32 Å². The summed E-state index contributed by atoms with van der Waals surface area (Å²) < 4.78 is 5.54. The summed E-state index contributed by atoms with van der Waals surface area (Å²) in [4.78, 5) is 12.5. The normalized spacial score (nSPS) is 19.6. The minimum Gasteiger partial charge on any atom is -0.460 e. The van der Waals surface area contributed by atoms with Crippen molar-refractivity contribution < 1.29 is 14.6 Å². The van der Waals surface area contributed by atoms with Gasteiger partial charge in [-0.05, 0) is 37.4 Å². The minimum absolute atomic E-state index is 0.0993. The molecule has 1 heterocycles. The third-order valence-corrected chi connectivity index (χ3v) is 3.92. The molecule has 0 unspecified atom stereocenters. The van der Waals surface area contributed by atoms with Crippen molar-refractivity contribution in [2.24, 2.45) is 5.92 Å². The first-order chi connectivity index (χ1) is 9.55. The number of hydrogen-bond donors (Lipinski definition) is 2. The molecular formula is C16H23NO3. The first kappa shape index (κ1) is 15.0. The zero-order chi connectivity index (χ0) is 14.6. The van der Waals surface area contributed by atoms with Crippen LogP contribution in [0.1, 0.15) is 32.3 Å². The summed E-state index contributed by atoms with van der Waals surface area (Å²) in [5.74, 6) is -0.787. The maximum Gasteiger partial charge on any atom is 0.343 e. The number of carbonyl (C=O) groups excluding carboxylic acids is 1. The summed E-state index contributed by atoms with van der Waals surface area (Å²) in [5, 5.41) is 14.1. The lowest BCUT2D eigenvalue weighted by Gasteiger charge is -2.33. The zero-order valence-corrected chi connectivity index (χ0v) is 12.1. The lowest BCUT2D eigenvalue weighted by molar-refractivity contribution is -0.179. The summed E-state index contributed by atoms with van der Waals surface area (Å²) in [6.45, 7) is 5.36. The number of hydrogen-bond acceptors (Lipinski definition) is 4. The van der Waals surface area contributed by atoms with E-state index in [0.29, 0.717) is 5.56 Å². The highest BCUT2D eigenvalue weighted by atomic mass is 16.6. The maximum absolute atomic E-state index is 12.5. The smallest absolute Gasteiger partial charge is 0.343 e. The van der Waals surface area contributed by atoms with Gasteiger partial charge in [-0.2, -0.15) is 0 Å². The Bertz CT molecular complexity index is 440. The molecule has 2 rings (SSSR count). The standard InChI is InChI=1S/C16H23NO3/c1-12(2)16(19,13-6-4-3-5-7-13)15(18)20-14-8-10-17-11-9-14/h3-7,12,14,17,19H,8-11H2,1-2H3/t16-/m1/s1. The third kappa shape index (κ3) is 3.02. The number of aliphatic hydroxyl groups is 1. The molecule has 1 atom stereocenters. The zero-order valence-electron chi connectivity index (χ0n) is 12.1. The summed E-state index contributed by atoms with van der Waals surface area (Å²) in [6, 6.07) is 9.04. The van der Waals surface area contributed by atoms with Crippen LogP contribution in [0.5, 0.6) is 0 Å². The molecule has 20 heavy (non-hydrogen) atoms. The Morgan fingerprint density at radius 3 is 2.45 bits per heavy atom. The van der Waals surface area contributed by atoms with Gasteiger partial charge in [0, 0.05) is 0 Å². The second-order valence-electron chi connectivity index (χ2n) is 5.64. The lowest BCUT2D eigenvalue weighted by Crippen LogP contribution is -2.45. The van der Waals surface area contributed by atoms with Gasteiger partial charge in [0.1, 0.15) is 6.10 Å². The SMILES string of the molecule is CC(C)[C@](O)(C(=O)OC1CCNCC1)c1ccccc1. The van der Waals surface area contributed by atoms with Crippen LogP contribution in [0.15, 0.2) is 30.3 Å². The lowest BCUT2D eigenvalue weighted by atomic mass is 9.83. The number of ether oxygens (including phenoxy) is 1. The number of rotatable bonds is 4. The van der Waals surface area contributed by atoms with Gasteiger partial charge in [0.05, 0.1) is 0 Å². The highest BCUT2D eigenvalue weighted by Gasteiger charge is 2.43. The topological polar surface area (TPSA) is 58.6 Å². The minimum atomic E-state index is -1.58. The van der Waals surface area contributed by atoms with Gasteiger partial charge in [-0.3, -0.25) is 0 Å². The van der Waals surface area contributed by atoms with Crippen molar-refractivity contribution in [3.05, 3.63) is 35.9 Å². The van der Waals surface area contributed by atoms with Crippen LogP contribution in [0.2, 0.25) is 0 Å². The predicted molar refractivity (Wildman–Crippen MR) is 77.2 cm³/mol. The van der Waals surface area contributed by atoms with Gasteiger partial charge >= 0.3 is 5.97 Å². The Hall–Kier alpha value is -1.39. The van der Waals surface area contributed by atoms with Gasteiger partial charge in [-0.1, -0.05) is 44.2 Å². The first-order valence-electron chi connectivity index (χ1n) is 7.25. The Balaban J connectivity index is 2.17. The van der Waals surface area contributed by atoms with E-state index in [1.165, 1.54) is 0 Å². The fraction of sp³-hybridized carbons (Fsp3) is 0.562. The number of carbonyl (C=O) groups is 1. The second-order valence-corrected chi connectivity index (χ2v) is 5.64. The van der Waals surface area contributed by atoms with Crippen LogP contribution < -0.4 is 5.32 Å². The molecule has 1 saturated heterocycles. The summed E-state index contributed by atoms with van der Waals surface area (Å²) in [5.41, 5.74) is -0.986. The largest absolute Gasteiger partial charge is 0.460 e. The average Bonchev–Trinajstić information content (AvgIpc) is 2.48. The quantitative estimate of drug-likeness (QED) is 0.824. The molecule has 4 heteroatoms. The molecule has 1 aliphatic rings.